The van der Waals surface area contributed by atoms with E-state index in [9.17, 15) is 8.78 Å². The molecule has 2 N–H and O–H groups in total. The lowest BCUT2D eigenvalue weighted by atomic mass is 10.1. The molecule has 0 unspecified atom stereocenters. The van der Waals surface area contributed by atoms with Crippen molar-refractivity contribution in [2.24, 2.45) is 0 Å². The molecule has 1 aromatic heterocycles. The van der Waals surface area contributed by atoms with Crippen LogP contribution in [0.5, 0.6) is 0 Å². The topological polar surface area (TPSA) is 52.0 Å². The van der Waals surface area contributed by atoms with E-state index in [0.717, 1.165) is 6.07 Å². The molecule has 0 spiro atoms. The third-order valence-electron chi connectivity index (χ3n) is 1.84. The van der Waals surface area contributed by atoms with Crippen molar-refractivity contribution >= 4 is 17.5 Å². The van der Waals surface area contributed by atoms with E-state index in [1.54, 1.807) is 0 Å². The quantitative estimate of drug-likeness (QED) is 0.767. The summed E-state index contributed by atoms with van der Waals surface area (Å²) in [5.41, 5.74) is 5.79. The molecule has 0 aliphatic heterocycles. The Labute approximate surface area is 88.4 Å². The molecule has 0 fully saturated rings. The summed E-state index contributed by atoms with van der Waals surface area (Å²) in [6.45, 7) is 0. The minimum Gasteiger partial charge on any atom is -0.368 e. The van der Waals surface area contributed by atoms with Crippen LogP contribution in [-0.2, 0) is 0 Å². The predicted molar refractivity (Wildman–Crippen MR) is 51.3 cm³/mol. The van der Waals surface area contributed by atoms with Gasteiger partial charge in [-0.2, -0.15) is 0 Å². The van der Waals surface area contributed by atoms with E-state index in [1.807, 2.05) is 0 Å². The highest BCUT2D eigenvalue weighted by molar-refractivity contribution is 6.33. The zero-order valence-electron chi connectivity index (χ0n) is 7.30. The first kappa shape index (κ1) is 9.92. The molecule has 0 aliphatic carbocycles. The Morgan fingerprint density at radius 2 is 2.07 bits per heavy atom. The second-order valence-electron chi connectivity index (χ2n) is 2.84. The van der Waals surface area contributed by atoms with E-state index >= 15 is 0 Å². The summed E-state index contributed by atoms with van der Waals surface area (Å²) in [7, 11) is 0. The minimum absolute atomic E-state index is 0.0748. The van der Waals surface area contributed by atoms with E-state index in [-0.39, 0.29) is 22.2 Å². The van der Waals surface area contributed by atoms with Gasteiger partial charge in [0.1, 0.15) is 5.69 Å². The largest absolute Gasteiger partial charge is 0.368 e. The van der Waals surface area contributed by atoms with Gasteiger partial charge in [-0.1, -0.05) is 16.8 Å². The van der Waals surface area contributed by atoms with Gasteiger partial charge in [-0.05, 0) is 12.1 Å². The van der Waals surface area contributed by atoms with Gasteiger partial charge < -0.3 is 10.3 Å². The third-order valence-corrected chi connectivity index (χ3v) is 2.21. The fourth-order valence-electron chi connectivity index (χ4n) is 1.14. The normalized spacial score (nSPS) is 10.6. The van der Waals surface area contributed by atoms with Gasteiger partial charge in [0.05, 0.1) is 5.02 Å². The molecule has 2 aromatic rings. The number of hydrogen-bond acceptors (Lipinski definition) is 3. The van der Waals surface area contributed by atoms with Crippen LogP contribution in [-0.4, -0.2) is 5.16 Å². The average molecular weight is 231 g/mol. The van der Waals surface area contributed by atoms with Crippen LogP contribution in [0.25, 0.3) is 11.3 Å². The number of nitrogens with two attached hydrogens (primary N) is 1. The maximum atomic E-state index is 13.1. The monoisotopic (exact) mass is 230 g/mol. The van der Waals surface area contributed by atoms with Crippen molar-refractivity contribution in [3.8, 4) is 11.3 Å². The molecular weight excluding hydrogens is 226 g/mol. The van der Waals surface area contributed by atoms with Crippen LogP contribution >= 0.6 is 11.6 Å². The first-order valence-corrected chi connectivity index (χ1v) is 4.33. The van der Waals surface area contributed by atoms with Crippen LogP contribution in [0.3, 0.4) is 0 Å². The summed E-state index contributed by atoms with van der Waals surface area (Å²) in [4.78, 5) is 0. The average Bonchev–Trinajstić information content (AvgIpc) is 2.61. The highest BCUT2D eigenvalue weighted by atomic mass is 35.5. The van der Waals surface area contributed by atoms with E-state index in [1.165, 1.54) is 12.1 Å². The van der Waals surface area contributed by atoms with Gasteiger partial charge in [0.15, 0.2) is 11.6 Å². The molecule has 0 radical (unpaired) electrons. The fourth-order valence-corrected chi connectivity index (χ4v) is 1.39. The lowest BCUT2D eigenvalue weighted by Gasteiger charge is -2.01. The van der Waals surface area contributed by atoms with Crippen molar-refractivity contribution in [2.75, 3.05) is 5.73 Å². The number of benzene rings is 1. The van der Waals surface area contributed by atoms with Crippen molar-refractivity contribution in [1.82, 2.24) is 5.16 Å². The Kier molecular flexibility index (Phi) is 2.32. The molecule has 78 valence electrons. The molecule has 0 amide bonds. The van der Waals surface area contributed by atoms with Crippen molar-refractivity contribution in [1.29, 1.82) is 0 Å². The summed E-state index contributed by atoms with van der Waals surface area (Å²) < 4.78 is 30.4. The van der Waals surface area contributed by atoms with Crippen LogP contribution in [0.15, 0.2) is 22.7 Å². The molecule has 6 heteroatoms. The molecule has 0 aliphatic rings. The molecule has 1 aromatic carbocycles. The zero-order valence-corrected chi connectivity index (χ0v) is 8.05. The van der Waals surface area contributed by atoms with Crippen molar-refractivity contribution in [3.05, 3.63) is 34.9 Å². The van der Waals surface area contributed by atoms with Gasteiger partial charge >= 0.3 is 0 Å². The smallest absolute Gasteiger partial charge is 0.222 e. The van der Waals surface area contributed by atoms with Crippen LogP contribution in [0.1, 0.15) is 0 Å². The van der Waals surface area contributed by atoms with Crippen molar-refractivity contribution in [3.63, 3.8) is 0 Å². The van der Waals surface area contributed by atoms with Gasteiger partial charge in [-0.3, -0.25) is 0 Å². The van der Waals surface area contributed by atoms with Gasteiger partial charge in [0.2, 0.25) is 5.88 Å². The summed E-state index contributed by atoms with van der Waals surface area (Å²) >= 11 is 5.60. The van der Waals surface area contributed by atoms with E-state index in [2.05, 4.69) is 9.68 Å². The molecule has 0 bridgehead atoms. The number of rotatable bonds is 1. The third kappa shape index (κ3) is 1.66. The van der Waals surface area contributed by atoms with Crippen LogP contribution in [0.4, 0.5) is 14.7 Å². The Balaban J connectivity index is 2.59. The second kappa shape index (κ2) is 3.51. The first-order chi connectivity index (χ1) is 7.09. The van der Waals surface area contributed by atoms with Crippen LogP contribution in [0, 0.1) is 11.6 Å². The number of halogens is 3. The molecule has 2 rings (SSSR count). The van der Waals surface area contributed by atoms with E-state index < -0.39 is 11.6 Å². The maximum absolute atomic E-state index is 13.1. The number of anilines is 1. The van der Waals surface area contributed by atoms with Gasteiger partial charge in [0, 0.05) is 11.6 Å². The lowest BCUT2D eigenvalue weighted by Crippen LogP contribution is -1.88. The highest BCUT2D eigenvalue weighted by Crippen LogP contribution is 2.31. The molecule has 0 saturated carbocycles. The molecule has 0 saturated heterocycles. The van der Waals surface area contributed by atoms with Gasteiger partial charge in [-0.25, -0.2) is 8.78 Å². The van der Waals surface area contributed by atoms with E-state index in [4.69, 9.17) is 17.3 Å². The predicted octanol–water partition coefficient (Wildman–Crippen LogP) is 2.86. The fraction of sp³-hybridized carbons (Fsp3) is 0. The van der Waals surface area contributed by atoms with Crippen molar-refractivity contribution < 1.29 is 13.3 Å². The number of nitrogens with zero attached hydrogens (tertiary/aromatic N) is 1. The summed E-state index contributed by atoms with van der Waals surface area (Å²) in [6.07, 6.45) is 0. The van der Waals surface area contributed by atoms with Gasteiger partial charge in [-0.15, -0.1) is 0 Å². The molecule has 15 heavy (non-hydrogen) atoms. The summed E-state index contributed by atoms with van der Waals surface area (Å²) in [5, 5.41) is 3.20. The lowest BCUT2D eigenvalue weighted by molar-refractivity contribution is 0.439. The van der Waals surface area contributed by atoms with Crippen molar-refractivity contribution in [2.45, 2.75) is 0 Å². The Morgan fingerprint density at radius 3 is 2.67 bits per heavy atom. The number of hydrogen-bond donors (Lipinski definition) is 1. The molecule has 3 nitrogen and oxygen atoms in total. The van der Waals surface area contributed by atoms with Crippen LogP contribution in [0.2, 0.25) is 5.02 Å². The number of nitrogen functional groups attached to an aromatic ring is 1. The Bertz CT molecular complexity index is 513. The minimum atomic E-state index is -1.12. The van der Waals surface area contributed by atoms with Gasteiger partial charge in [0.25, 0.3) is 0 Å². The second-order valence-corrected chi connectivity index (χ2v) is 3.22. The number of aromatic nitrogens is 1. The zero-order chi connectivity index (χ0) is 11.0. The standard InChI is InChI=1S/C9H5ClF2N2O/c10-8-4(1-2-5(11)9(8)12)6-3-7(13)15-14-6/h1-3H,13H2. The summed E-state index contributed by atoms with van der Waals surface area (Å²) in [6, 6.07) is 3.64. The molecule has 0 atom stereocenters. The Morgan fingerprint density at radius 1 is 1.33 bits per heavy atom. The molecular formula is C9H5ClF2N2O. The molecule has 1 heterocycles. The SMILES string of the molecule is Nc1cc(-c2ccc(F)c(F)c2Cl)no1. The van der Waals surface area contributed by atoms with E-state index in [0.29, 0.717) is 0 Å². The first-order valence-electron chi connectivity index (χ1n) is 3.95. The Hall–Kier alpha value is -1.62. The highest BCUT2D eigenvalue weighted by Gasteiger charge is 2.15. The summed E-state index contributed by atoms with van der Waals surface area (Å²) in [5.74, 6) is -2.05. The maximum Gasteiger partial charge on any atom is 0.222 e. The van der Waals surface area contributed by atoms with Crippen LogP contribution < -0.4 is 5.73 Å².